The van der Waals surface area contributed by atoms with Crippen molar-refractivity contribution in [1.82, 2.24) is 0 Å². The maximum atomic E-state index is 13.0. The van der Waals surface area contributed by atoms with Crippen LogP contribution in [0.5, 0.6) is 17.2 Å². The lowest BCUT2D eigenvalue weighted by Crippen LogP contribution is -2.38. The summed E-state index contributed by atoms with van der Waals surface area (Å²) in [5, 5.41) is 0. The Hall–Kier alpha value is -2.69. The van der Waals surface area contributed by atoms with E-state index in [0.29, 0.717) is 30.2 Å². The van der Waals surface area contributed by atoms with Gasteiger partial charge in [0, 0.05) is 5.56 Å². The van der Waals surface area contributed by atoms with Gasteiger partial charge in [0.1, 0.15) is 12.4 Å². The van der Waals surface area contributed by atoms with Gasteiger partial charge in [-0.2, -0.15) is 0 Å². The van der Waals surface area contributed by atoms with E-state index in [-0.39, 0.29) is 12.7 Å². The number of carbonyl (C=O) groups excluding carboxylic acids is 1. The molecule has 5 nitrogen and oxygen atoms in total. The van der Waals surface area contributed by atoms with Crippen LogP contribution in [0.15, 0.2) is 30.3 Å². The molecule has 2 aliphatic rings. The molecule has 0 atom stereocenters. The lowest BCUT2D eigenvalue weighted by Gasteiger charge is -2.31. The average Bonchev–Trinajstić information content (AvgIpc) is 3.00. The van der Waals surface area contributed by atoms with Gasteiger partial charge in [-0.1, -0.05) is 6.07 Å². The zero-order valence-corrected chi connectivity index (χ0v) is 13.1. The Morgan fingerprint density at radius 3 is 2.70 bits per heavy atom. The van der Waals surface area contributed by atoms with Crippen LogP contribution in [-0.2, 0) is 0 Å². The predicted molar refractivity (Wildman–Crippen MR) is 85.7 cm³/mol. The first-order valence-corrected chi connectivity index (χ1v) is 7.59. The fourth-order valence-corrected chi connectivity index (χ4v) is 3.12. The largest absolute Gasteiger partial charge is 0.490 e. The van der Waals surface area contributed by atoms with Crippen LogP contribution in [0.2, 0.25) is 0 Å². The van der Waals surface area contributed by atoms with Gasteiger partial charge in [0.2, 0.25) is 6.79 Å². The number of ether oxygens (including phenoxy) is 3. The van der Waals surface area contributed by atoms with Gasteiger partial charge in [0.05, 0.1) is 12.2 Å². The fraction of sp³-hybridized carbons (Fsp3) is 0.278. The SMILES string of the molecule is Cc1cc(C)c2c(c1)OCCN2C(=O)c1ccc2c(c1)OCO2. The van der Waals surface area contributed by atoms with Gasteiger partial charge in [-0.05, 0) is 49.2 Å². The third-order valence-electron chi connectivity index (χ3n) is 4.12. The molecule has 2 aliphatic heterocycles. The molecule has 0 aliphatic carbocycles. The van der Waals surface area contributed by atoms with Crippen LogP contribution in [0.3, 0.4) is 0 Å². The van der Waals surface area contributed by atoms with Crippen molar-refractivity contribution in [3.05, 3.63) is 47.0 Å². The molecule has 0 saturated heterocycles. The molecule has 118 valence electrons. The molecule has 2 aromatic carbocycles. The molecule has 2 heterocycles. The number of aryl methyl sites for hydroxylation is 2. The number of hydrogen-bond donors (Lipinski definition) is 0. The lowest BCUT2D eigenvalue weighted by molar-refractivity contribution is 0.0976. The van der Waals surface area contributed by atoms with Crippen molar-refractivity contribution in [3.63, 3.8) is 0 Å². The minimum atomic E-state index is -0.0557. The van der Waals surface area contributed by atoms with Gasteiger partial charge in [0.25, 0.3) is 5.91 Å². The molecule has 0 unspecified atom stereocenters. The Balaban J connectivity index is 1.73. The molecule has 0 bridgehead atoms. The smallest absolute Gasteiger partial charge is 0.258 e. The van der Waals surface area contributed by atoms with Crippen LogP contribution in [0, 0.1) is 13.8 Å². The minimum absolute atomic E-state index is 0.0557. The van der Waals surface area contributed by atoms with Crippen molar-refractivity contribution in [2.75, 3.05) is 24.8 Å². The summed E-state index contributed by atoms with van der Waals surface area (Å²) in [4.78, 5) is 14.8. The van der Waals surface area contributed by atoms with Gasteiger partial charge in [-0.25, -0.2) is 0 Å². The van der Waals surface area contributed by atoms with E-state index in [1.807, 2.05) is 19.9 Å². The molecular weight excluding hydrogens is 294 g/mol. The van der Waals surface area contributed by atoms with E-state index in [1.54, 1.807) is 23.1 Å². The summed E-state index contributed by atoms with van der Waals surface area (Å²) < 4.78 is 16.4. The average molecular weight is 311 g/mol. The van der Waals surface area contributed by atoms with Crippen molar-refractivity contribution >= 4 is 11.6 Å². The van der Waals surface area contributed by atoms with E-state index in [2.05, 4.69) is 6.07 Å². The maximum Gasteiger partial charge on any atom is 0.258 e. The Morgan fingerprint density at radius 1 is 1.00 bits per heavy atom. The molecule has 0 saturated carbocycles. The van der Waals surface area contributed by atoms with Gasteiger partial charge in [-0.3, -0.25) is 4.79 Å². The number of fused-ring (bicyclic) bond motifs is 2. The molecule has 23 heavy (non-hydrogen) atoms. The second kappa shape index (κ2) is 5.19. The molecule has 2 aromatic rings. The van der Waals surface area contributed by atoms with E-state index in [4.69, 9.17) is 14.2 Å². The van der Waals surface area contributed by atoms with Crippen LogP contribution in [0.25, 0.3) is 0 Å². The predicted octanol–water partition coefficient (Wildman–Crippen LogP) is 3.07. The Labute approximate surface area is 134 Å². The molecule has 1 amide bonds. The number of amides is 1. The first kappa shape index (κ1) is 13.9. The summed E-state index contributed by atoms with van der Waals surface area (Å²) in [6.07, 6.45) is 0. The Kier molecular flexibility index (Phi) is 3.15. The van der Waals surface area contributed by atoms with Gasteiger partial charge in [-0.15, -0.1) is 0 Å². The Morgan fingerprint density at radius 2 is 1.83 bits per heavy atom. The number of rotatable bonds is 1. The van der Waals surface area contributed by atoms with Crippen molar-refractivity contribution in [1.29, 1.82) is 0 Å². The number of nitrogens with zero attached hydrogens (tertiary/aromatic N) is 1. The highest BCUT2D eigenvalue weighted by Gasteiger charge is 2.27. The molecular formula is C18H17NO4. The molecule has 0 spiro atoms. The van der Waals surface area contributed by atoms with Gasteiger partial charge in [0.15, 0.2) is 11.5 Å². The summed E-state index contributed by atoms with van der Waals surface area (Å²) >= 11 is 0. The molecule has 0 fully saturated rings. The normalized spacial score (nSPS) is 15.1. The second-order valence-electron chi connectivity index (χ2n) is 5.80. The van der Waals surface area contributed by atoms with Crippen LogP contribution < -0.4 is 19.1 Å². The first-order valence-electron chi connectivity index (χ1n) is 7.59. The molecule has 0 aromatic heterocycles. The van der Waals surface area contributed by atoms with E-state index >= 15 is 0 Å². The molecule has 5 heteroatoms. The summed E-state index contributed by atoms with van der Waals surface area (Å²) in [6.45, 7) is 5.25. The summed E-state index contributed by atoms with van der Waals surface area (Å²) in [7, 11) is 0. The highest BCUT2D eigenvalue weighted by atomic mass is 16.7. The summed E-state index contributed by atoms with van der Waals surface area (Å²) in [5.41, 5.74) is 3.60. The molecule has 0 radical (unpaired) electrons. The highest BCUT2D eigenvalue weighted by Crippen LogP contribution is 2.38. The zero-order valence-electron chi connectivity index (χ0n) is 13.1. The number of hydrogen-bond acceptors (Lipinski definition) is 4. The van der Waals surface area contributed by atoms with Crippen molar-refractivity contribution in [3.8, 4) is 17.2 Å². The standard InChI is InChI=1S/C18H17NO4/c1-11-7-12(2)17-16(8-11)21-6-5-19(17)18(20)13-3-4-14-15(9-13)23-10-22-14/h3-4,7-9H,5-6,10H2,1-2H3. The third kappa shape index (κ3) is 2.29. The molecule has 4 rings (SSSR count). The maximum absolute atomic E-state index is 13.0. The first-order chi connectivity index (χ1) is 11.1. The van der Waals surface area contributed by atoms with Crippen molar-refractivity contribution < 1.29 is 19.0 Å². The van der Waals surface area contributed by atoms with E-state index in [0.717, 1.165) is 22.6 Å². The zero-order chi connectivity index (χ0) is 16.0. The third-order valence-corrected chi connectivity index (χ3v) is 4.12. The molecule has 0 N–H and O–H groups in total. The fourth-order valence-electron chi connectivity index (χ4n) is 3.12. The van der Waals surface area contributed by atoms with Crippen LogP contribution in [0.4, 0.5) is 5.69 Å². The quantitative estimate of drug-likeness (QED) is 0.812. The topological polar surface area (TPSA) is 48.0 Å². The van der Waals surface area contributed by atoms with Crippen LogP contribution in [0.1, 0.15) is 21.5 Å². The van der Waals surface area contributed by atoms with E-state index < -0.39 is 0 Å². The Bertz CT molecular complexity index is 800. The number of carbonyl (C=O) groups is 1. The minimum Gasteiger partial charge on any atom is -0.490 e. The second-order valence-corrected chi connectivity index (χ2v) is 5.80. The number of anilines is 1. The van der Waals surface area contributed by atoms with E-state index in [1.165, 1.54) is 0 Å². The lowest BCUT2D eigenvalue weighted by atomic mass is 10.1. The van der Waals surface area contributed by atoms with Crippen molar-refractivity contribution in [2.45, 2.75) is 13.8 Å². The van der Waals surface area contributed by atoms with Crippen LogP contribution in [-0.4, -0.2) is 25.9 Å². The van der Waals surface area contributed by atoms with E-state index in [9.17, 15) is 4.79 Å². The van der Waals surface area contributed by atoms with Gasteiger partial charge < -0.3 is 19.1 Å². The van der Waals surface area contributed by atoms with Gasteiger partial charge >= 0.3 is 0 Å². The summed E-state index contributed by atoms with van der Waals surface area (Å²) in [5.74, 6) is 2.00. The highest BCUT2D eigenvalue weighted by molar-refractivity contribution is 6.08. The number of benzene rings is 2. The van der Waals surface area contributed by atoms with Crippen LogP contribution >= 0.6 is 0 Å². The summed E-state index contributed by atoms with van der Waals surface area (Å²) in [6, 6.07) is 9.33. The van der Waals surface area contributed by atoms with Crippen molar-refractivity contribution in [2.24, 2.45) is 0 Å². The monoisotopic (exact) mass is 311 g/mol.